The summed E-state index contributed by atoms with van der Waals surface area (Å²) in [7, 11) is 0. The SMILES string of the molecule is O=C(Nc1nc2ccc(Cl)cc2s1)c1c[nH]c2ccccc12. The molecule has 0 saturated heterocycles. The standard InChI is InChI=1S/C16H10ClN3OS/c17-9-5-6-13-14(7-9)22-16(19-13)20-15(21)11-8-18-12-4-2-1-3-10(11)12/h1-8,18H,(H,19,20,21). The van der Waals surface area contributed by atoms with Gasteiger partial charge in [-0.05, 0) is 24.3 Å². The van der Waals surface area contributed by atoms with Crippen molar-refractivity contribution in [2.24, 2.45) is 0 Å². The van der Waals surface area contributed by atoms with Crippen LogP contribution in [0.25, 0.3) is 21.1 Å². The molecule has 0 atom stereocenters. The largest absolute Gasteiger partial charge is 0.360 e. The van der Waals surface area contributed by atoms with Crippen LogP contribution in [0.4, 0.5) is 5.13 Å². The minimum Gasteiger partial charge on any atom is -0.360 e. The molecule has 0 fully saturated rings. The van der Waals surface area contributed by atoms with Gasteiger partial charge in [0.05, 0.1) is 15.8 Å². The van der Waals surface area contributed by atoms with Gasteiger partial charge in [0.25, 0.3) is 5.91 Å². The highest BCUT2D eigenvalue weighted by atomic mass is 35.5. The number of carbonyl (C=O) groups is 1. The number of aromatic amines is 1. The predicted octanol–water partition coefficient (Wildman–Crippen LogP) is 4.68. The van der Waals surface area contributed by atoms with Crippen molar-refractivity contribution >= 4 is 55.1 Å². The van der Waals surface area contributed by atoms with E-state index >= 15 is 0 Å². The molecule has 108 valence electrons. The molecular formula is C16H10ClN3OS. The van der Waals surface area contributed by atoms with Gasteiger partial charge in [-0.2, -0.15) is 0 Å². The normalized spacial score (nSPS) is 11.1. The van der Waals surface area contributed by atoms with E-state index in [0.717, 1.165) is 21.1 Å². The molecule has 1 amide bonds. The highest BCUT2D eigenvalue weighted by Crippen LogP contribution is 2.29. The highest BCUT2D eigenvalue weighted by molar-refractivity contribution is 7.22. The summed E-state index contributed by atoms with van der Waals surface area (Å²) in [5.74, 6) is -0.178. The third-order valence-corrected chi connectivity index (χ3v) is 4.57. The van der Waals surface area contributed by atoms with E-state index < -0.39 is 0 Å². The lowest BCUT2D eigenvalue weighted by atomic mass is 10.2. The second kappa shape index (κ2) is 5.12. The highest BCUT2D eigenvalue weighted by Gasteiger charge is 2.14. The van der Waals surface area contributed by atoms with E-state index in [0.29, 0.717) is 15.7 Å². The number of rotatable bonds is 2. The van der Waals surface area contributed by atoms with Crippen molar-refractivity contribution in [1.29, 1.82) is 0 Å². The van der Waals surface area contributed by atoms with Gasteiger partial charge in [0.15, 0.2) is 5.13 Å². The first-order valence-electron chi connectivity index (χ1n) is 6.64. The number of nitrogens with one attached hydrogen (secondary N) is 2. The first kappa shape index (κ1) is 13.3. The average Bonchev–Trinajstić information content (AvgIpc) is 3.09. The molecule has 2 heterocycles. The molecule has 2 aromatic carbocycles. The van der Waals surface area contributed by atoms with Crippen LogP contribution in [0.1, 0.15) is 10.4 Å². The Morgan fingerprint density at radius 3 is 3.00 bits per heavy atom. The molecule has 0 saturated carbocycles. The first-order valence-corrected chi connectivity index (χ1v) is 7.84. The van der Waals surface area contributed by atoms with Crippen LogP contribution in [0.15, 0.2) is 48.7 Å². The third-order valence-electron chi connectivity index (χ3n) is 3.40. The van der Waals surface area contributed by atoms with Crippen LogP contribution < -0.4 is 5.32 Å². The zero-order valence-corrected chi connectivity index (χ0v) is 12.8. The van der Waals surface area contributed by atoms with Crippen LogP contribution in [0.2, 0.25) is 5.02 Å². The first-order chi connectivity index (χ1) is 10.7. The molecule has 0 bridgehead atoms. The molecule has 0 radical (unpaired) electrons. The number of hydrogen-bond acceptors (Lipinski definition) is 3. The molecule has 4 rings (SSSR count). The van der Waals surface area contributed by atoms with Gasteiger partial charge in [0.1, 0.15) is 0 Å². The van der Waals surface area contributed by atoms with Gasteiger partial charge in [0.2, 0.25) is 0 Å². The monoisotopic (exact) mass is 327 g/mol. The van der Waals surface area contributed by atoms with Crippen molar-refractivity contribution in [2.45, 2.75) is 0 Å². The molecule has 6 heteroatoms. The maximum Gasteiger partial charge on any atom is 0.259 e. The maximum absolute atomic E-state index is 12.4. The van der Waals surface area contributed by atoms with E-state index in [2.05, 4.69) is 15.3 Å². The van der Waals surface area contributed by atoms with Crippen molar-refractivity contribution in [2.75, 3.05) is 5.32 Å². The zero-order valence-electron chi connectivity index (χ0n) is 11.3. The van der Waals surface area contributed by atoms with Crippen molar-refractivity contribution in [3.63, 3.8) is 0 Å². The Labute approximate surface area is 134 Å². The summed E-state index contributed by atoms with van der Waals surface area (Å²) < 4.78 is 0.946. The van der Waals surface area contributed by atoms with E-state index in [-0.39, 0.29) is 5.91 Å². The molecule has 4 nitrogen and oxygen atoms in total. The number of benzene rings is 2. The number of fused-ring (bicyclic) bond motifs is 2. The van der Waals surface area contributed by atoms with Crippen molar-refractivity contribution < 1.29 is 4.79 Å². The van der Waals surface area contributed by atoms with E-state index in [1.54, 1.807) is 12.3 Å². The third kappa shape index (κ3) is 2.24. The van der Waals surface area contributed by atoms with Gasteiger partial charge < -0.3 is 4.98 Å². The number of H-pyrrole nitrogens is 1. The molecule has 0 unspecified atom stereocenters. The van der Waals surface area contributed by atoms with Crippen molar-refractivity contribution in [3.05, 3.63) is 59.2 Å². The molecule has 4 aromatic rings. The molecule has 22 heavy (non-hydrogen) atoms. The topological polar surface area (TPSA) is 57.8 Å². The Hall–Kier alpha value is -2.37. The Kier molecular flexibility index (Phi) is 3.10. The second-order valence-corrected chi connectivity index (χ2v) is 6.30. The fourth-order valence-electron chi connectivity index (χ4n) is 2.38. The van der Waals surface area contributed by atoms with E-state index in [4.69, 9.17) is 11.6 Å². The van der Waals surface area contributed by atoms with Gasteiger partial charge in [-0.25, -0.2) is 4.98 Å². The quantitative estimate of drug-likeness (QED) is 0.561. The lowest BCUT2D eigenvalue weighted by molar-refractivity contribution is 0.102. The number of amides is 1. The van der Waals surface area contributed by atoms with Gasteiger partial charge in [-0.3, -0.25) is 10.1 Å². The van der Waals surface area contributed by atoms with Crippen LogP contribution in [-0.2, 0) is 0 Å². The number of anilines is 1. The number of aromatic nitrogens is 2. The van der Waals surface area contributed by atoms with Gasteiger partial charge >= 0.3 is 0 Å². The van der Waals surface area contributed by atoms with Crippen LogP contribution >= 0.6 is 22.9 Å². The summed E-state index contributed by atoms with van der Waals surface area (Å²) in [5, 5.41) is 4.96. The van der Waals surface area contributed by atoms with Crippen molar-refractivity contribution in [1.82, 2.24) is 9.97 Å². The van der Waals surface area contributed by atoms with Crippen LogP contribution in [0.3, 0.4) is 0 Å². The van der Waals surface area contributed by atoms with E-state index in [1.807, 2.05) is 36.4 Å². The summed E-state index contributed by atoms with van der Waals surface area (Å²) in [6.07, 6.45) is 1.71. The Balaban J connectivity index is 1.68. The molecule has 0 spiro atoms. The fraction of sp³-hybridized carbons (Fsp3) is 0. The van der Waals surface area contributed by atoms with Crippen LogP contribution in [0.5, 0.6) is 0 Å². The van der Waals surface area contributed by atoms with Gasteiger partial charge in [0, 0.05) is 22.1 Å². The second-order valence-electron chi connectivity index (χ2n) is 4.83. The van der Waals surface area contributed by atoms with E-state index in [9.17, 15) is 4.79 Å². The summed E-state index contributed by atoms with van der Waals surface area (Å²) in [6, 6.07) is 13.2. The number of hydrogen-bond donors (Lipinski definition) is 2. The van der Waals surface area contributed by atoms with Crippen LogP contribution in [-0.4, -0.2) is 15.9 Å². The van der Waals surface area contributed by atoms with Gasteiger partial charge in [-0.15, -0.1) is 0 Å². The lowest BCUT2D eigenvalue weighted by Crippen LogP contribution is -2.10. The maximum atomic E-state index is 12.4. The molecule has 0 aliphatic rings. The summed E-state index contributed by atoms with van der Waals surface area (Å²) >= 11 is 7.37. The molecule has 0 aliphatic carbocycles. The summed E-state index contributed by atoms with van der Waals surface area (Å²) in [5.41, 5.74) is 2.36. The number of carbonyl (C=O) groups excluding carboxylic acids is 1. The minimum absolute atomic E-state index is 0.178. The molecule has 2 aromatic heterocycles. The van der Waals surface area contributed by atoms with Crippen LogP contribution in [0, 0.1) is 0 Å². The Morgan fingerprint density at radius 1 is 1.23 bits per heavy atom. The zero-order chi connectivity index (χ0) is 15.1. The number of para-hydroxylation sites is 1. The average molecular weight is 328 g/mol. The minimum atomic E-state index is -0.178. The number of thiazole rings is 1. The summed E-state index contributed by atoms with van der Waals surface area (Å²) in [4.78, 5) is 19.9. The number of nitrogens with zero attached hydrogens (tertiary/aromatic N) is 1. The molecule has 0 aliphatic heterocycles. The molecular weight excluding hydrogens is 318 g/mol. The van der Waals surface area contributed by atoms with Crippen molar-refractivity contribution in [3.8, 4) is 0 Å². The van der Waals surface area contributed by atoms with Gasteiger partial charge in [-0.1, -0.05) is 41.1 Å². The lowest BCUT2D eigenvalue weighted by Gasteiger charge is -1.99. The summed E-state index contributed by atoms with van der Waals surface area (Å²) in [6.45, 7) is 0. The Morgan fingerprint density at radius 2 is 2.09 bits per heavy atom. The van der Waals surface area contributed by atoms with E-state index in [1.165, 1.54) is 11.3 Å². The predicted molar refractivity (Wildman–Crippen MR) is 90.9 cm³/mol. The Bertz CT molecular complexity index is 1000. The smallest absolute Gasteiger partial charge is 0.259 e. The fourth-order valence-corrected chi connectivity index (χ4v) is 3.51. The molecule has 2 N–H and O–H groups in total. The number of halogens is 1.